The molecule has 0 aromatic heterocycles. The van der Waals surface area contributed by atoms with Crippen molar-refractivity contribution >= 4 is 18.3 Å². The van der Waals surface area contributed by atoms with Crippen LogP contribution in [0, 0.1) is 5.41 Å². The minimum absolute atomic E-state index is 0. The molecule has 1 spiro atoms. The molecule has 122 valence electrons. The highest BCUT2D eigenvalue weighted by atomic mass is 35.5. The molecular weight excluding hydrogens is 300 g/mol. The summed E-state index contributed by atoms with van der Waals surface area (Å²) in [6, 6.07) is 7.78. The molecule has 5 heteroatoms. The van der Waals surface area contributed by atoms with Gasteiger partial charge < -0.3 is 15.0 Å². The maximum absolute atomic E-state index is 12.6. The first kappa shape index (κ1) is 17.3. The molecule has 2 aliphatic rings. The van der Waals surface area contributed by atoms with Crippen molar-refractivity contribution in [1.82, 2.24) is 10.2 Å². The Hall–Kier alpha value is -1.10. The van der Waals surface area contributed by atoms with E-state index in [9.17, 15) is 4.79 Å². The number of hydrogen-bond donors (Lipinski definition) is 1. The van der Waals surface area contributed by atoms with Gasteiger partial charge in [0.05, 0.1) is 6.61 Å². The molecule has 0 radical (unpaired) electrons. The first-order valence-corrected chi connectivity index (χ1v) is 7.80. The maximum atomic E-state index is 12.6. The van der Waals surface area contributed by atoms with E-state index in [0.29, 0.717) is 12.0 Å². The maximum Gasteiger partial charge on any atom is 0.253 e. The lowest BCUT2D eigenvalue weighted by atomic mass is 9.78. The van der Waals surface area contributed by atoms with Crippen LogP contribution in [0.4, 0.5) is 0 Å². The predicted octanol–water partition coefficient (Wildman–Crippen LogP) is 2.47. The van der Waals surface area contributed by atoms with Gasteiger partial charge in [-0.2, -0.15) is 0 Å². The number of nitrogens with zero attached hydrogens (tertiary/aromatic N) is 1. The van der Waals surface area contributed by atoms with Gasteiger partial charge in [-0.3, -0.25) is 4.79 Å². The van der Waals surface area contributed by atoms with Crippen molar-refractivity contribution in [2.24, 2.45) is 5.41 Å². The Kier molecular flexibility index (Phi) is 5.84. The summed E-state index contributed by atoms with van der Waals surface area (Å²) in [6.45, 7) is 4.63. The number of benzene rings is 1. The van der Waals surface area contributed by atoms with Gasteiger partial charge in [0, 0.05) is 32.3 Å². The van der Waals surface area contributed by atoms with Gasteiger partial charge in [-0.15, -0.1) is 12.4 Å². The summed E-state index contributed by atoms with van der Waals surface area (Å²) in [5.41, 5.74) is 2.35. The number of piperidine rings is 1. The van der Waals surface area contributed by atoms with Crippen molar-refractivity contribution in [1.29, 1.82) is 0 Å². The molecule has 0 bridgehead atoms. The number of nitrogens with one attached hydrogen (secondary N) is 1. The van der Waals surface area contributed by atoms with E-state index < -0.39 is 0 Å². The van der Waals surface area contributed by atoms with Crippen molar-refractivity contribution in [2.75, 3.05) is 33.3 Å². The zero-order valence-corrected chi connectivity index (χ0v) is 14.0. The van der Waals surface area contributed by atoms with Gasteiger partial charge in [0.15, 0.2) is 0 Å². The molecule has 0 aliphatic carbocycles. The largest absolute Gasteiger partial charge is 0.380 e. The lowest BCUT2D eigenvalue weighted by Gasteiger charge is -2.38. The van der Waals surface area contributed by atoms with Gasteiger partial charge in [-0.25, -0.2) is 0 Å². The lowest BCUT2D eigenvalue weighted by molar-refractivity contribution is 0.0607. The van der Waals surface area contributed by atoms with Gasteiger partial charge in [0.1, 0.15) is 0 Å². The highest BCUT2D eigenvalue weighted by Crippen LogP contribution is 2.37. The first-order chi connectivity index (χ1) is 10.2. The van der Waals surface area contributed by atoms with E-state index in [4.69, 9.17) is 4.74 Å². The number of carbonyl (C=O) groups excluding carboxylic acids is 1. The fourth-order valence-electron chi connectivity index (χ4n) is 3.50. The summed E-state index contributed by atoms with van der Waals surface area (Å²) >= 11 is 0. The van der Waals surface area contributed by atoms with Crippen LogP contribution in [0.15, 0.2) is 24.3 Å². The highest BCUT2D eigenvalue weighted by molar-refractivity contribution is 5.94. The number of carbonyl (C=O) groups is 1. The monoisotopic (exact) mass is 324 g/mol. The van der Waals surface area contributed by atoms with Crippen molar-refractivity contribution in [3.05, 3.63) is 35.4 Å². The molecule has 0 atom stereocenters. The number of amides is 1. The third kappa shape index (κ3) is 3.62. The van der Waals surface area contributed by atoms with Crippen LogP contribution in [0.5, 0.6) is 0 Å². The van der Waals surface area contributed by atoms with Gasteiger partial charge in [-0.05, 0) is 48.9 Å². The number of halogens is 1. The molecule has 3 rings (SSSR count). The molecule has 4 nitrogen and oxygen atoms in total. The minimum atomic E-state index is 0. The third-order valence-electron chi connectivity index (χ3n) is 4.96. The molecule has 2 fully saturated rings. The number of likely N-dealkylation sites (tertiary alicyclic amines) is 1. The van der Waals surface area contributed by atoms with Crippen molar-refractivity contribution < 1.29 is 9.53 Å². The van der Waals surface area contributed by atoms with Gasteiger partial charge >= 0.3 is 0 Å². The molecule has 0 unspecified atom stereocenters. The number of ether oxygens (including phenoxy) is 1. The Morgan fingerprint density at radius 3 is 2.45 bits per heavy atom. The second-order valence-electron chi connectivity index (χ2n) is 6.35. The Morgan fingerprint density at radius 2 is 1.91 bits per heavy atom. The van der Waals surface area contributed by atoms with Gasteiger partial charge in [0.2, 0.25) is 0 Å². The van der Waals surface area contributed by atoms with Crippen LogP contribution in [-0.4, -0.2) is 44.1 Å². The van der Waals surface area contributed by atoms with E-state index in [2.05, 4.69) is 5.32 Å². The van der Waals surface area contributed by atoms with Crippen LogP contribution in [0.25, 0.3) is 0 Å². The molecular formula is C17H25ClN2O2. The average molecular weight is 325 g/mol. The van der Waals surface area contributed by atoms with Crippen molar-refractivity contribution in [3.63, 3.8) is 0 Å². The van der Waals surface area contributed by atoms with Crippen LogP contribution >= 0.6 is 12.4 Å². The van der Waals surface area contributed by atoms with E-state index >= 15 is 0 Å². The zero-order chi connectivity index (χ0) is 14.7. The summed E-state index contributed by atoms with van der Waals surface area (Å²) in [5, 5.41) is 3.46. The minimum Gasteiger partial charge on any atom is -0.380 e. The van der Waals surface area contributed by atoms with Crippen LogP contribution in [0.3, 0.4) is 0 Å². The summed E-state index contributed by atoms with van der Waals surface area (Å²) in [4.78, 5) is 14.6. The number of methoxy groups -OCH3 is 1. The van der Waals surface area contributed by atoms with E-state index in [1.54, 1.807) is 7.11 Å². The fourth-order valence-corrected chi connectivity index (χ4v) is 3.50. The second kappa shape index (κ2) is 7.44. The SMILES string of the molecule is COCc1ccc(C(=O)N2CCC3(CCNC3)CC2)cc1.Cl. The Morgan fingerprint density at radius 1 is 1.23 bits per heavy atom. The number of hydrogen-bond acceptors (Lipinski definition) is 3. The molecule has 1 aromatic rings. The Balaban J connectivity index is 0.00000176. The Labute approximate surface area is 138 Å². The second-order valence-corrected chi connectivity index (χ2v) is 6.35. The van der Waals surface area contributed by atoms with E-state index in [0.717, 1.165) is 50.1 Å². The molecule has 2 saturated heterocycles. The zero-order valence-electron chi connectivity index (χ0n) is 13.1. The summed E-state index contributed by atoms with van der Waals surface area (Å²) in [5.74, 6) is 0.166. The van der Waals surface area contributed by atoms with E-state index in [1.807, 2.05) is 29.2 Å². The molecule has 2 aliphatic heterocycles. The van der Waals surface area contributed by atoms with E-state index in [-0.39, 0.29) is 18.3 Å². The molecule has 0 saturated carbocycles. The molecule has 1 N–H and O–H groups in total. The lowest BCUT2D eigenvalue weighted by Crippen LogP contribution is -2.44. The molecule has 1 aromatic carbocycles. The average Bonchev–Trinajstić information content (AvgIpc) is 2.97. The normalized spacial score (nSPS) is 20.0. The van der Waals surface area contributed by atoms with Gasteiger partial charge in [0.25, 0.3) is 5.91 Å². The molecule has 2 heterocycles. The highest BCUT2D eigenvalue weighted by Gasteiger charge is 2.38. The van der Waals surface area contributed by atoms with Crippen LogP contribution in [-0.2, 0) is 11.3 Å². The topological polar surface area (TPSA) is 41.6 Å². The van der Waals surface area contributed by atoms with Crippen LogP contribution in [0.1, 0.15) is 35.2 Å². The van der Waals surface area contributed by atoms with Crippen molar-refractivity contribution in [2.45, 2.75) is 25.9 Å². The smallest absolute Gasteiger partial charge is 0.253 e. The fraction of sp³-hybridized carbons (Fsp3) is 0.588. The third-order valence-corrected chi connectivity index (χ3v) is 4.96. The first-order valence-electron chi connectivity index (χ1n) is 7.80. The summed E-state index contributed by atoms with van der Waals surface area (Å²) in [6.07, 6.45) is 3.53. The van der Waals surface area contributed by atoms with Crippen LogP contribution < -0.4 is 5.32 Å². The predicted molar refractivity (Wildman–Crippen MR) is 89.5 cm³/mol. The van der Waals surface area contributed by atoms with Crippen LogP contribution in [0.2, 0.25) is 0 Å². The molecule has 1 amide bonds. The quantitative estimate of drug-likeness (QED) is 0.928. The standard InChI is InChI=1S/C17H24N2O2.ClH/c1-21-12-14-2-4-15(5-3-14)16(20)19-10-7-17(8-11-19)6-9-18-13-17;/h2-5,18H,6-13H2,1H3;1H. The Bertz CT molecular complexity index is 488. The number of rotatable bonds is 3. The summed E-state index contributed by atoms with van der Waals surface area (Å²) in [7, 11) is 1.68. The van der Waals surface area contributed by atoms with E-state index in [1.165, 1.54) is 6.42 Å². The summed E-state index contributed by atoms with van der Waals surface area (Å²) < 4.78 is 5.10. The van der Waals surface area contributed by atoms with Gasteiger partial charge in [-0.1, -0.05) is 12.1 Å². The molecule has 22 heavy (non-hydrogen) atoms. The van der Waals surface area contributed by atoms with Crippen molar-refractivity contribution in [3.8, 4) is 0 Å².